The van der Waals surface area contributed by atoms with Crippen LogP contribution in [0.5, 0.6) is 5.75 Å². The molecule has 6 nitrogen and oxygen atoms in total. The number of ether oxygens (including phenoxy) is 1. The summed E-state index contributed by atoms with van der Waals surface area (Å²) in [6, 6.07) is 12.7. The summed E-state index contributed by atoms with van der Waals surface area (Å²) in [7, 11) is 0. The van der Waals surface area contributed by atoms with Crippen molar-refractivity contribution in [1.82, 2.24) is 5.32 Å². The smallest absolute Gasteiger partial charge is 0.408 e. The molecule has 1 atom stereocenters. The molecule has 0 saturated heterocycles. The van der Waals surface area contributed by atoms with Crippen LogP contribution in [0.2, 0.25) is 0 Å². The van der Waals surface area contributed by atoms with Crippen LogP contribution in [-0.4, -0.2) is 28.3 Å². The van der Waals surface area contributed by atoms with Crippen LogP contribution >= 0.6 is 15.9 Å². The number of rotatable bonds is 6. The number of hydrogen-bond acceptors (Lipinski definition) is 4. The van der Waals surface area contributed by atoms with Gasteiger partial charge >= 0.3 is 12.1 Å². The highest BCUT2D eigenvalue weighted by molar-refractivity contribution is 9.10. The summed E-state index contributed by atoms with van der Waals surface area (Å²) in [5.74, 6) is -1.27. The van der Waals surface area contributed by atoms with Crippen molar-refractivity contribution in [3.63, 3.8) is 0 Å². The second-order valence-corrected chi connectivity index (χ2v) is 5.90. The highest BCUT2D eigenvalue weighted by atomic mass is 79.9. The lowest BCUT2D eigenvalue weighted by Gasteiger charge is -2.15. The van der Waals surface area contributed by atoms with Gasteiger partial charge in [0.2, 0.25) is 0 Å². The maximum atomic E-state index is 11.8. The van der Waals surface area contributed by atoms with Gasteiger partial charge in [0.05, 0.1) is 4.47 Å². The van der Waals surface area contributed by atoms with Crippen LogP contribution in [0.25, 0.3) is 0 Å². The van der Waals surface area contributed by atoms with Crippen molar-refractivity contribution in [2.45, 2.75) is 19.1 Å². The number of phenolic OH excluding ortho intramolecular Hbond substituents is 1. The summed E-state index contributed by atoms with van der Waals surface area (Å²) in [6.07, 6.45) is -0.901. The van der Waals surface area contributed by atoms with E-state index in [9.17, 15) is 19.8 Å². The van der Waals surface area contributed by atoms with Crippen LogP contribution in [0, 0.1) is 0 Å². The van der Waals surface area contributed by atoms with Crippen LogP contribution in [-0.2, 0) is 22.6 Å². The third-order valence-electron chi connectivity index (χ3n) is 3.30. The molecule has 0 fully saturated rings. The number of carbonyl (C=O) groups is 2. The molecule has 0 aliphatic heterocycles. The number of carbonyl (C=O) groups excluding carboxylic acids is 1. The van der Waals surface area contributed by atoms with E-state index < -0.39 is 18.1 Å². The molecule has 126 valence electrons. The number of hydrogen-bond donors (Lipinski definition) is 3. The molecule has 0 saturated carbocycles. The molecule has 2 aromatic rings. The number of aromatic hydroxyl groups is 1. The van der Waals surface area contributed by atoms with E-state index in [1.807, 2.05) is 18.2 Å². The minimum atomic E-state index is -1.22. The standard InChI is InChI=1S/C17H16BrNO5/c18-13-8-4-7-12(15(13)20)9-14(16(21)22)19-17(23)24-10-11-5-2-1-3-6-11/h1-8,14,20H,9-10H2,(H,19,23)(H,21,22)/t14-/m0/s1. The molecule has 0 spiro atoms. The summed E-state index contributed by atoms with van der Waals surface area (Å²) < 4.78 is 5.47. The van der Waals surface area contributed by atoms with E-state index in [-0.39, 0.29) is 18.8 Å². The molecule has 2 aromatic carbocycles. The number of nitrogens with one attached hydrogen (secondary N) is 1. The highest BCUT2D eigenvalue weighted by Gasteiger charge is 2.23. The summed E-state index contributed by atoms with van der Waals surface area (Å²) in [5, 5.41) is 21.5. The molecule has 3 N–H and O–H groups in total. The lowest BCUT2D eigenvalue weighted by atomic mass is 10.1. The fourth-order valence-corrected chi connectivity index (χ4v) is 2.46. The zero-order valence-corrected chi connectivity index (χ0v) is 14.2. The number of phenols is 1. The van der Waals surface area contributed by atoms with Gasteiger partial charge in [0.1, 0.15) is 18.4 Å². The maximum Gasteiger partial charge on any atom is 0.408 e. The molecular weight excluding hydrogens is 378 g/mol. The molecule has 0 aromatic heterocycles. The van der Waals surface area contributed by atoms with Gasteiger partial charge in [-0.1, -0.05) is 42.5 Å². The number of carboxylic acid groups (broad SMARTS) is 1. The van der Waals surface area contributed by atoms with Crippen LogP contribution in [0.15, 0.2) is 53.0 Å². The van der Waals surface area contributed by atoms with E-state index >= 15 is 0 Å². The predicted molar refractivity (Wildman–Crippen MR) is 90.7 cm³/mol. The first kappa shape index (κ1) is 17.8. The monoisotopic (exact) mass is 393 g/mol. The van der Waals surface area contributed by atoms with Crippen molar-refractivity contribution in [1.29, 1.82) is 0 Å². The first-order chi connectivity index (χ1) is 11.5. The maximum absolute atomic E-state index is 11.8. The van der Waals surface area contributed by atoms with E-state index in [0.29, 0.717) is 10.0 Å². The van der Waals surface area contributed by atoms with Crippen LogP contribution in [0.1, 0.15) is 11.1 Å². The first-order valence-corrected chi connectivity index (χ1v) is 7.93. The van der Waals surface area contributed by atoms with Gasteiger partial charge in [-0.25, -0.2) is 9.59 Å². The predicted octanol–water partition coefficient (Wildman–Crippen LogP) is 3.08. The molecular formula is C17H16BrNO5. The van der Waals surface area contributed by atoms with Crippen molar-refractivity contribution in [3.05, 3.63) is 64.1 Å². The van der Waals surface area contributed by atoms with Gasteiger partial charge in [-0.05, 0) is 33.1 Å². The van der Waals surface area contributed by atoms with E-state index in [1.54, 1.807) is 30.3 Å². The SMILES string of the molecule is O=C(N[C@@H](Cc1cccc(Br)c1O)C(=O)O)OCc1ccccc1. The average molecular weight is 394 g/mol. The Morgan fingerprint density at radius 2 is 1.83 bits per heavy atom. The van der Waals surface area contributed by atoms with Crippen molar-refractivity contribution in [2.24, 2.45) is 0 Å². The Morgan fingerprint density at radius 3 is 2.50 bits per heavy atom. The second-order valence-electron chi connectivity index (χ2n) is 5.05. The van der Waals surface area contributed by atoms with E-state index in [4.69, 9.17) is 4.74 Å². The van der Waals surface area contributed by atoms with E-state index in [1.165, 1.54) is 0 Å². The fraction of sp³-hybridized carbons (Fsp3) is 0.176. The number of alkyl carbamates (subject to hydrolysis) is 1. The van der Waals surface area contributed by atoms with Crippen molar-refractivity contribution >= 4 is 28.0 Å². The minimum Gasteiger partial charge on any atom is -0.506 e. The molecule has 2 rings (SSSR count). The van der Waals surface area contributed by atoms with Gasteiger partial charge in [-0.15, -0.1) is 0 Å². The zero-order chi connectivity index (χ0) is 17.5. The van der Waals surface area contributed by atoms with Gasteiger partial charge in [0.25, 0.3) is 0 Å². The van der Waals surface area contributed by atoms with Gasteiger partial charge in [-0.3, -0.25) is 0 Å². The number of benzene rings is 2. The van der Waals surface area contributed by atoms with Crippen molar-refractivity contribution in [3.8, 4) is 5.75 Å². The Balaban J connectivity index is 1.96. The number of halogens is 1. The lowest BCUT2D eigenvalue weighted by molar-refractivity contribution is -0.139. The molecule has 1 amide bonds. The molecule has 7 heteroatoms. The van der Waals surface area contributed by atoms with Crippen molar-refractivity contribution < 1.29 is 24.5 Å². The Morgan fingerprint density at radius 1 is 1.12 bits per heavy atom. The topological polar surface area (TPSA) is 95.9 Å². The lowest BCUT2D eigenvalue weighted by Crippen LogP contribution is -2.42. The summed E-state index contributed by atoms with van der Waals surface area (Å²) in [4.78, 5) is 23.2. The summed E-state index contributed by atoms with van der Waals surface area (Å²) in [5.41, 5.74) is 1.20. The Labute approximate surface area is 147 Å². The summed E-state index contributed by atoms with van der Waals surface area (Å²) >= 11 is 3.17. The van der Waals surface area contributed by atoms with Gasteiger partial charge in [-0.2, -0.15) is 0 Å². The molecule has 0 heterocycles. The molecule has 0 aliphatic carbocycles. The summed E-state index contributed by atoms with van der Waals surface area (Å²) in [6.45, 7) is 0.0428. The van der Waals surface area contributed by atoms with E-state index in [0.717, 1.165) is 5.56 Å². The van der Waals surface area contributed by atoms with Gasteiger partial charge in [0, 0.05) is 6.42 Å². The van der Waals surface area contributed by atoms with E-state index in [2.05, 4.69) is 21.2 Å². The molecule has 0 radical (unpaired) electrons. The van der Waals surface area contributed by atoms with Gasteiger partial charge in [0.15, 0.2) is 0 Å². The number of para-hydroxylation sites is 1. The Kier molecular flexibility index (Phi) is 6.20. The third kappa shape index (κ3) is 4.99. The number of amides is 1. The Hall–Kier alpha value is -2.54. The second kappa shape index (κ2) is 8.35. The minimum absolute atomic E-state index is 0.0428. The molecule has 0 bridgehead atoms. The average Bonchev–Trinajstić information content (AvgIpc) is 2.57. The number of carboxylic acids is 1. The van der Waals surface area contributed by atoms with Crippen LogP contribution < -0.4 is 5.32 Å². The zero-order valence-electron chi connectivity index (χ0n) is 12.6. The molecule has 24 heavy (non-hydrogen) atoms. The van der Waals surface area contributed by atoms with Crippen molar-refractivity contribution in [2.75, 3.05) is 0 Å². The normalized spacial score (nSPS) is 11.5. The fourth-order valence-electron chi connectivity index (χ4n) is 2.05. The largest absolute Gasteiger partial charge is 0.506 e. The molecule has 0 unspecified atom stereocenters. The van der Waals surface area contributed by atoms with Crippen LogP contribution in [0.4, 0.5) is 4.79 Å². The Bertz CT molecular complexity index is 720. The van der Waals surface area contributed by atoms with Crippen LogP contribution in [0.3, 0.4) is 0 Å². The number of aliphatic carboxylic acids is 1. The quantitative estimate of drug-likeness (QED) is 0.700. The van der Waals surface area contributed by atoms with Gasteiger partial charge < -0.3 is 20.3 Å². The third-order valence-corrected chi connectivity index (χ3v) is 3.94. The molecule has 0 aliphatic rings. The first-order valence-electron chi connectivity index (χ1n) is 7.13. The highest BCUT2D eigenvalue weighted by Crippen LogP contribution is 2.28.